The van der Waals surface area contributed by atoms with E-state index in [2.05, 4.69) is 0 Å². The molecule has 3 N–H and O–H groups in total. The minimum Gasteiger partial charge on any atom is -0.478 e. The van der Waals surface area contributed by atoms with Crippen LogP contribution in [0.1, 0.15) is 16.1 Å². The molecule has 0 spiro atoms. The van der Waals surface area contributed by atoms with Gasteiger partial charge in [0.15, 0.2) is 5.58 Å². The molecule has 4 nitrogen and oxygen atoms in total. The molecule has 6 heteroatoms. The lowest BCUT2D eigenvalue weighted by Crippen LogP contribution is -1.99. The Morgan fingerprint density at radius 3 is 2.69 bits per heavy atom. The molecule has 0 saturated carbocycles. The van der Waals surface area contributed by atoms with Gasteiger partial charge in [0.2, 0.25) is 0 Å². The monoisotopic (exact) mass is 259 g/mol. The van der Waals surface area contributed by atoms with E-state index in [-0.39, 0.29) is 26.9 Å². The van der Waals surface area contributed by atoms with Crippen LogP contribution in [-0.4, -0.2) is 11.1 Å². The molecule has 2 rings (SSSR count). The summed E-state index contributed by atoms with van der Waals surface area (Å²) in [6.07, 6.45) is 0. The summed E-state index contributed by atoms with van der Waals surface area (Å²) in [5.41, 5.74) is 6.06. The first-order valence-corrected chi connectivity index (χ1v) is 5.09. The Morgan fingerprint density at radius 1 is 1.50 bits per heavy atom. The van der Waals surface area contributed by atoms with E-state index < -0.39 is 5.97 Å². The van der Waals surface area contributed by atoms with Crippen molar-refractivity contribution in [1.29, 1.82) is 0 Å². The van der Waals surface area contributed by atoms with E-state index in [0.717, 1.165) is 0 Å². The van der Waals surface area contributed by atoms with E-state index in [1.807, 2.05) is 0 Å². The third kappa shape index (κ3) is 1.42. The van der Waals surface area contributed by atoms with Crippen molar-refractivity contribution in [2.75, 3.05) is 5.73 Å². The largest absolute Gasteiger partial charge is 0.478 e. The fourth-order valence-corrected chi connectivity index (χ4v) is 1.93. The van der Waals surface area contributed by atoms with Gasteiger partial charge in [-0.1, -0.05) is 23.2 Å². The minimum atomic E-state index is -1.14. The van der Waals surface area contributed by atoms with Gasteiger partial charge in [-0.15, -0.1) is 0 Å². The van der Waals surface area contributed by atoms with E-state index >= 15 is 0 Å². The third-order valence-electron chi connectivity index (χ3n) is 2.28. The highest BCUT2D eigenvalue weighted by molar-refractivity contribution is 6.40. The molecule has 0 amide bonds. The number of fused-ring (bicyclic) bond motifs is 1. The molecule has 0 saturated heterocycles. The highest BCUT2D eigenvalue weighted by Crippen LogP contribution is 2.39. The second-order valence-electron chi connectivity index (χ2n) is 3.30. The fraction of sp³-hybridized carbons (Fsp3) is 0.100. The summed E-state index contributed by atoms with van der Waals surface area (Å²) >= 11 is 11.8. The lowest BCUT2D eigenvalue weighted by atomic mass is 10.1. The number of halogens is 2. The summed E-state index contributed by atoms with van der Waals surface area (Å²) in [7, 11) is 0. The smallest absolute Gasteiger partial charge is 0.339 e. The fourth-order valence-electron chi connectivity index (χ4n) is 1.50. The van der Waals surface area contributed by atoms with Crippen LogP contribution in [0, 0.1) is 6.92 Å². The lowest BCUT2D eigenvalue weighted by Gasteiger charge is -2.02. The average molecular weight is 260 g/mol. The van der Waals surface area contributed by atoms with Gasteiger partial charge in [-0.25, -0.2) is 4.79 Å². The van der Waals surface area contributed by atoms with Crippen molar-refractivity contribution in [3.63, 3.8) is 0 Å². The maximum atomic E-state index is 11.0. The van der Waals surface area contributed by atoms with Gasteiger partial charge in [-0.3, -0.25) is 0 Å². The minimum absolute atomic E-state index is 0.0517. The van der Waals surface area contributed by atoms with Crippen LogP contribution in [0.15, 0.2) is 10.5 Å². The van der Waals surface area contributed by atoms with Gasteiger partial charge in [-0.2, -0.15) is 0 Å². The molecule has 0 radical (unpaired) electrons. The van der Waals surface area contributed by atoms with Gasteiger partial charge in [0.25, 0.3) is 0 Å². The lowest BCUT2D eigenvalue weighted by molar-refractivity contribution is 0.0698. The number of benzene rings is 1. The SMILES string of the molecule is Cc1oc2c(C(=O)O)cc(Cl)c(N)c2c1Cl. The van der Waals surface area contributed by atoms with Gasteiger partial charge in [0.1, 0.15) is 11.3 Å². The molecule has 0 aliphatic heterocycles. The van der Waals surface area contributed by atoms with Crippen LogP contribution in [0.5, 0.6) is 0 Å². The Hall–Kier alpha value is -1.39. The number of aromatic carboxylic acids is 1. The number of furan rings is 1. The Morgan fingerprint density at radius 2 is 2.12 bits per heavy atom. The van der Waals surface area contributed by atoms with Crippen LogP contribution in [-0.2, 0) is 0 Å². The van der Waals surface area contributed by atoms with Crippen molar-refractivity contribution in [3.05, 3.63) is 27.4 Å². The predicted molar refractivity (Wildman–Crippen MR) is 62.3 cm³/mol. The molecule has 1 aromatic carbocycles. The number of hydrogen-bond donors (Lipinski definition) is 2. The Bertz CT molecular complexity index is 604. The van der Waals surface area contributed by atoms with Crippen molar-refractivity contribution in [2.45, 2.75) is 6.92 Å². The molecule has 16 heavy (non-hydrogen) atoms. The molecule has 0 bridgehead atoms. The first kappa shape index (κ1) is 11.1. The Balaban J connectivity index is 3.01. The number of carboxylic acids is 1. The predicted octanol–water partition coefficient (Wildman–Crippen LogP) is 3.33. The number of rotatable bonds is 1. The number of carboxylic acid groups (broad SMARTS) is 1. The first-order valence-electron chi connectivity index (χ1n) is 4.33. The number of hydrogen-bond acceptors (Lipinski definition) is 3. The highest BCUT2D eigenvalue weighted by atomic mass is 35.5. The molecule has 0 fully saturated rings. The molecular weight excluding hydrogens is 253 g/mol. The van der Waals surface area contributed by atoms with E-state index in [1.165, 1.54) is 6.07 Å². The number of nitrogen functional groups attached to an aromatic ring is 1. The third-order valence-corrected chi connectivity index (χ3v) is 3.05. The van der Waals surface area contributed by atoms with Crippen LogP contribution in [0.2, 0.25) is 10.0 Å². The normalized spacial score (nSPS) is 10.9. The number of anilines is 1. The van der Waals surface area contributed by atoms with Gasteiger partial charge in [-0.05, 0) is 13.0 Å². The van der Waals surface area contributed by atoms with Crippen molar-refractivity contribution >= 4 is 45.8 Å². The zero-order chi connectivity index (χ0) is 12.0. The summed E-state index contributed by atoms with van der Waals surface area (Å²) < 4.78 is 5.28. The molecule has 0 aliphatic carbocycles. The number of aryl methyl sites for hydroxylation is 1. The summed E-state index contributed by atoms with van der Waals surface area (Å²) in [6, 6.07) is 1.25. The van der Waals surface area contributed by atoms with Crippen molar-refractivity contribution in [1.82, 2.24) is 0 Å². The second kappa shape index (κ2) is 3.57. The number of nitrogens with two attached hydrogens (primary N) is 1. The van der Waals surface area contributed by atoms with Crippen molar-refractivity contribution in [2.24, 2.45) is 0 Å². The summed E-state index contributed by atoms with van der Waals surface area (Å²) in [5, 5.41) is 9.78. The van der Waals surface area contributed by atoms with Gasteiger partial charge in [0, 0.05) is 0 Å². The average Bonchev–Trinajstić information content (AvgIpc) is 2.49. The Labute approximate surface area is 101 Å². The molecule has 0 aliphatic rings. The van der Waals surface area contributed by atoms with Crippen LogP contribution < -0.4 is 5.73 Å². The maximum absolute atomic E-state index is 11.0. The summed E-state index contributed by atoms with van der Waals surface area (Å²) in [5.74, 6) is -0.731. The van der Waals surface area contributed by atoms with E-state index in [1.54, 1.807) is 6.92 Å². The molecule has 0 unspecified atom stereocenters. The zero-order valence-corrected chi connectivity index (χ0v) is 9.69. The van der Waals surface area contributed by atoms with Crippen LogP contribution in [0.25, 0.3) is 11.0 Å². The Kier molecular flexibility index (Phi) is 2.48. The molecule has 1 aromatic heterocycles. The van der Waals surface area contributed by atoms with E-state index in [9.17, 15) is 4.79 Å². The van der Waals surface area contributed by atoms with Crippen LogP contribution >= 0.6 is 23.2 Å². The quantitative estimate of drug-likeness (QED) is 0.771. The first-order chi connectivity index (χ1) is 7.43. The molecular formula is C10H7Cl2NO3. The van der Waals surface area contributed by atoms with Crippen LogP contribution in [0.4, 0.5) is 5.69 Å². The second-order valence-corrected chi connectivity index (χ2v) is 4.09. The summed E-state index contributed by atoms with van der Waals surface area (Å²) in [6.45, 7) is 1.63. The van der Waals surface area contributed by atoms with Crippen molar-refractivity contribution in [3.8, 4) is 0 Å². The molecule has 2 aromatic rings. The zero-order valence-electron chi connectivity index (χ0n) is 8.17. The van der Waals surface area contributed by atoms with Crippen LogP contribution in [0.3, 0.4) is 0 Å². The van der Waals surface area contributed by atoms with Gasteiger partial charge in [0.05, 0.1) is 21.1 Å². The standard InChI is InChI=1S/C10H7Cl2NO3/c1-3-7(12)6-8(13)5(11)2-4(10(14)15)9(6)16-3/h2H,13H2,1H3,(H,14,15). The van der Waals surface area contributed by atoms with E-state index in [4.69, 9.17) is 38.5 Å². The summed E-state index contributed by atoms with van der Waals surface area (Å²) in [4.78, 5) is 11.0. The van der Waals surface area contributed by atoms with Gasteiger partial charge >= 0.3 is 5.97 Å². The molecule has 0 atom stereocenters. The maximum Gasteiger partial charge on any atom is 0.339 e. The number of carbonyl (C=O) groups is 1. The van der Waals surface area contributed by atoms with Crippen molar-refractivity contribution < 1.29 is 14.3 Å². The molecule has 1 heterocycles. The van der Waals surface area contributed by atoms with Gasteiger partial charge < -0.3 is 15.3 Å². The topological polar surface area (TPSA) is 76.5 Å². The van der Waals surface area contributed by atoms with E-state index in [0.29, 0.717) is 11.1 Å². The highest BCUT2D eigenvalue weighted by Gasteiger charge is 2.21. The molecule has 84 valence electrons.